The fraction of sp³-hybridized carbons (Fsp3) is 0.174. The van der Waals surface area contributed by atoms with E-state index in [9.17, 15) is 0 Å². The van der Waals surface area contributed by atoms with Crippen molar-refractivity contribution in [2.45, 2.75) is 25.3 Å². The number of hydrazone groups is 1. The standard InChI is InChI=1S/C23H22N2/c1-23(20-13-7-3-8-14-20)18-17-22(19-11-5-2-6-12-19)24-25(23)21-15-9-4-10-16-21/h2-16H,17-18H2,1H3. The van der Waals surface area contributed by atoms with Gasteiger partial charge in [-0.2, -0.15) is 5.10 Å². The van der Waals surface area contributed by atoms with Crippen LogP contribution in [0.1, 0.15) is 30.9 Å². The van der Waals surface area contributed by atoms with Crippen molar-refractivity contribution in [3.63, 3.8) is 0 Å². The van der Waals surface area contributed by atoms with E-state index in [1.807, 2.05) is 0 Å². The minimum Gasteiger partial charge on any atom is -0.255 e. The van der Waals surface area contributed by atoms with Gasteiger partial charge in [0.2, 0.25) is 0 Å². The second-order valence-electron chi connectivity index (χ2n) is 6.70. The molecule has 0 saturated carbocycles. The Kier molecular flexibility index (Phi) is 4.10. The maximum atomic E-state index is 5.10. The first-order valence-electron chi connectivity index (χ1n) is 8.81. The average molecular weight is 326 g/mol. The Morgan fingerprint density at radius 2 is 1.32 bits per heavy atom. The van der Waals surface area contributed by atoms with E-state index in [4.69, 9.17) is 5.10 Å². The first-order chi connectivity index (χ1) is 12.3. The van der Waals surface area contributed by atoms with Crippen LogP contribution in [0.5, 0.6) is 0 Å². The molecule has 1 aliphatic heterocycles. The molecule has 2 nitrogen and oxygen atoms in total. The molecule has 3 aromatic carbocycles. The van der Waals surface area contributed by atoms with Crippen molar-refractivity contribution in [2.24, 2.45) is 5.10 Å². The van der Waals surface area contributed by atoms with E-state index < -0.39 is 0 Å². The van der Waals surface area contributed by atoms with Crippen molar-refractivity contribution in [2.75, 3.05) is 5.01 Å². The summed E-state index contributed by atoms with van der Waals surface area (Å²) in [4.78, 5) is 0. The first-order valence-corrected chi connectivity index (χ1v) is 8.81. The summed E-state index contributed by atoms with van der Waals surface area (Å²) in [7, 11) is 0. The molecule has 2 heteroatoms. The molecule has 124 valence electrons. The van der Waals surface area contributed by atoms with Crippen molar-refractivity contribution in [1.29, 1.82) is 0 Å². The molecule has 0 amide bonds. The number of benzene rings is 3. The molecule has 0 saturated heterocycles. The van der Waals surface area contributed by atoms with Gasteiger partial charge in [0.1, 0.15) is 0 Å². The van der Waals surface area contributed by atoms with Crippen LogP contribution in [0, 0.1) is 0 Å². The molecular formula is C23H22N2. The zero-order chi connectivity index (χ0) is 17.1. The largest absolute Gasteiger partial charge is 0.255 e. The number of rotatable bonds is 3. The maximum Gasteiger partial charge on any atom is 0.0858 e. The Balaban J connectivity index is 1.83. The van der Waals surface area contributed by atoms with Crippen molar-refractivity contribution in [3.8, 4) is 0 Å². The molecule has 0 aliphatic carbocycles. The highest BCUT2D eigenvalue weighted by atomic mass is 15.5. The lowest BCUT2D eigenvalue weighted by Crippen LogP contribution is -2.44. The van der Waals surface area contributed by atoms with E-state index in [0.717, 1.165) is 24.2 Å². The number of hydrogen-bond acceptors (Lipinski definition) is 2. The normalized spacial score (nSPS) is 20.2. The molecular weight excluding hydrogens is 304 g/mol. The Bertz CT molecular complexity index is 856. The van der Waals surface area contributed by atoms with Crippen LogP contribution in [0.15, 0.2) is 96.1 Å². The number of nitrogens with zero attached hydrogens (tertiary/aromatic N) is 2. The molecule has 4 rings (SSSR count). The van der Waals surface area contributed by atoms with Crippen LogP contribution in [-0.4, -0.2) is 5.71 Å². The molecule has 0 N–H and O–H groups in total. The SMILES string of the molecule is CC1(c2ccccc2)CCC(c2ccccc2)=NN1c1ccccc1. The van der Waals surface area contributed by atoms with Crippen LogP contribution < -0.4 is 5.01 Å². The molecule has 0 spiro atoms. The Hall–Kier alpha value is -2.87. The minimum absolute atomic E-state index is 0.152. The van der Waals surface area contributed by atoms with E-state index in [0.29, 0.717) is 0 Å². The average Bonchev–Trinajstić information content (AvgIpc) is 2.70. The summed E-state index contributed by atoms with van der Waals surface area (Å²) in [5.41, 5.74) is 4.63. The Morgan fingerprint density at radius 1 is 0.760 bits per heavy atom. The fourth-order valence-corrected chi connectivity index (χ4v) is 3.56. The van der Waals surface area contributed by atoms with Gasteiger partial charge in [-0.1, -0.05) is 78.9 Å². The van der Waals surface area contributed by atoms with Gasteiger partial charge >= 0.3 is 0 Å². The summed E-state index contributed by atoms with van der Waals surface area (Å²) in [5.74, 6) is 0. The van der Waals surface area contributed by atoms with Crippen molar-refractivity contribution in [3.05, 3.63) is 102 Å². The second-order valence-corrected chi connectivity index (χ2v) is 6.70. The molecule has 0 fully saturated rings. The van der Waals surface area contributed by atoms with Crippen LogP contribution in [0.2, 0.25) is 0 Å². The molecule has 0 aromatic heterocycles. The smallest absolute Gasteiger partial charge is 0.0858 e. The van der Waals surface area contributed by atoms with Gasteiger partial charge in [0.25, 0.3) is 0 Å². The van der Waals surface area contributed by atoms with Crippen LogP contribution in [-0.2, 0) is 5.54 Å². The Labute approximate surface area is 149 Å². The molecule has 25 heavy (non-hydrogen) atoms. The van der Waals surface area contributed by atoms with E-state index in [-0.39, 0.29) is 5.54 Å². The molecule has 1 aliphatic rings. The molecule has 0 radical (unpaired) electrons. The van der Waals surface area contributed by atoms with Gasteiger partial charge in [-0.25, -0.2) is 0 Å². The molecule has 0 bridgehead atoms. The maximum absolute atomic E-state index is 5.10. The Morgan fingerprint density at radius 3 is 1.96 bits per heavy atom. The van der Waals surface area contributed by atoms with Gasteiger partial charge in [-0.05, 0) is 43.0 Å². The lowest BCUT2D eigenvalue weighted by molar-refractivity contribution is 0.403. The van der Waals surface area contributed by atoms with Crippen LogP contribution >= 0.6 is 0 Å². The highest BCUT2D eigenvalue weighted by Crippen LogP contribution is 2.40. The third kappa shape index (κ3) is 2.96. The van der Waals surface area contributed by atoms with Crippen molar-refractivity contribution < 1.29 is 0 Å². The van der Waals surface area contributed by atoms with Crippen molar-refractivity contribution in [1.82, 2.24) is 0 Å². The van der Waals surface area contributed by atoms with Crippen LogP contribution in [0.4, 0.5) is 5.69 Å². The summed E-state index contributed by atoms with van der Waals surface area (Å²) in [6.45, 7) is 2.29. The predicted molar refractivity (Wildman–Crippen MR) is 105 cm³/mol. The van der Waals surface area contributed by atoms with E-state index in [1.165, 1.54) is 11.1 Å². The van der Waals surface area contributed by atoms with Crippen LogP contribution in [0.3, 0.4) is 0 Å². The molecule has 1 unspecified atom stereocenters. The summed E-state index contributed by atoms with van der Waals surface area (Å²) in [6, 6.07) is 31.7. The summed E-state index contributed by atoms with van der Waals surface area (Å²) in [6.07, 6.45) is 2.00. The predicted octanol–water partition coefficient (Wildman–Crippen LogP) is 5.61. The molecule has 3 aromatic rings. The summed E-state index contributed by atoms with van der Waals surface area (Å²) >= 11 is 0. The van der Waals surface area contributed by atoms with Gasteiger partial charge in [0.05, 0.1) is 16.9 Å². The summed E-state index contributed by atoms with van der Waals surface area (Å²) in [5, 5.41) is 7.30. The number of anilines is 1. The van der Waals surface area contributed by atoms with Gasteiger partial charge in [-0.3, -0.25) is 5.01 Å². The lowest BCUT2D eigenvalue weighted by atomic mass is 9.83. The van der Waals surface area contributed by atoms with Gasteiger partial charge in [0, 0.05) is 0 Å². The highest BCUT2D eigenvalue weighted by molar-refractivity contribution is 6.01. The quantitative estimate of drug-likeness (QED) is 0.611. The van der Waals surface area contributed by atoms with Crippen LogP contribution in [0.25, 0.3) is 0 Å². The third-order valence-electron chi connectivity index (χ3n) is 5.04. The van der Waals surface area contributed by atoms with E-state index in [2.05, 4.69) is 103 Å². The highest BCUT2D eigenvalue weighted by Gasteiger charge is 2.37. The van der Waals surface area contributed by atoms with Gasteiger partial charge < -0.3 is 0 Å². The molecule has 1 atom stereocenters. The van der Waals surface area contributed by atoms with Crippen molar-refractivity contribution >= 4 is 11.4 Å². The van der Waals surface area contributed by atoms with E-state index in [1.54, 1.807) is 0 Å². The fourth-order valence-electron chi connectivity index (χ4n) is 3.56. The topological polar surface area (TPSA) is 15.6 Å². The molecule has 1 heterocycles. The third-order valence-corrected chi connectivity index (χ3v) is 5.04. The second kappa shape index (κ2) is 6.56. The monoisotopic (exact) mass is 326 g/mol. The van der Waals surface area contributed by atoms with Gasteiger partial charge in [0.15, 0.2) is 0 Å². The first kappa shape index (κ1) is 15.6. The minimum atomic E-state index is -0.152. The number of hydrogen-bond donors (Lipinski definition) is 0. The summed E-state index contributed by atoms with van der Waals surface area (Å²) < 4.78 is 0. The zero-order valence-corrected chi connectivity index (χ0v) is 14.5. The van der Waals surface area contributed by atoms with Gasteiger partial charge in [-0.15, -0.1) is 0 Å². The zero-order valence-electron chi connectivity index (χ0n) is 14.5. The number of para-hydroxylation sites is 1. The van der Waals surface area contributed by atoms with E-state index >= 15 is 0 Å². The lowest BCUT2D eigenvalue weighted by Gasteiger charge is -2.43.